The van der Waals surface area contributed by atoms with Crippen LogP contribution in [-0.4, -0.2) is 30.8 Å². The number of nitrogens with zero attached hydrogens (tertiary/aromatic N) is 2. The van der Waals surface area contributed by atoms with Gasteiger partial charge < -0.3 is 0 Å². The standard InChI is InChI=1S/C15H21N3O2S2/c1-18(12-7-3-2-4-8-12)22(19,20)16-11-15-17-13-9-5-6-10-14(13)21-15/h5-6,9-10,12,16H,2-4,7-8,11H2,1H3. The van der Waals surface area contributed by atoms with Gasteiger partial charge in [-0.1, -0.05) is 31.4 Å². The van der Waals surface area contributed by atoms with Crippen molar-refractivity contribution in [1.82, 2.24) is 14.0 Å². The molecule has 0 amide bonds. The maximum Gasteiger partial charge on any atom is 0.279 e. The molecule has 2 aromatic rings. The molecule has 7 heteroatoms. The normalized spacial score (nSPS) is 17.4. The molecule has 1 aliphatic rings. The van der Waals surface area contributed by atoms with Crippen LogP contribution in [0.1, 0.15) is 37.1 Å². The highest BCUT2D eigenvalue weighted by Gasteiger charge is 2.27. The van der Waals surface area contributed by atoms with Crippen LogP contribution in [0.25, 0.3) is 10.2 Å². The van der Waals surface area contributed by atoms with Crippen LogP contribution in [0.5, 0.6) is 0 Å². The minimum atomic E-state index is -3.45. The van der Waals surface area contributed by atoms with Crippen LogP contribution in [0, 0.1) is 0 Å². The van der Waals surface area contributed by atoms with Crippen molar-refractivity contribution >= 4 is 31.8 Å². The molecule has 0 spiro atoms. The number of para-hydroxylation sites is 1. The van der Waals surface area contributed by atoms with Crippen LogP contribution < -0.4 is 4.72 Å². The van der Waals surface area contributed by atoms with Gasteiger partial charge in [-0.05, 0) is 25.0 Å². The Morgan fingerprint density at radius 3 is 2.73 bits per heavy atom. The fraction of sp³-hybridized carbons (Fsp3) is 0.533. The van der Waals surface area contributed by atoms with Gasteiger partial charge in [0.2, 0.25) is 0 Å². The van der Waals surface area contributed by atoms with Gasteiger partial charge in [0.05, 0.1) is 16.8 Å². The van der Waals surface area contributed by atoms with E-state index >= 15 is 0 Å². The third-order valence-corrected chi connectivity index (χ3v) is 6.81. The molecule has 120 valence electrons. The molecule has 0 saturated heterocycles. The van der Waals surface area contributed by atoms with Crippen LogP contribution in [0.15, 0.2) is 24.3 Å². The summed E-state index contributed by atoms with van der Waals surface area (Å²) in [5.41, 5.74) is 0.919. The van der Waals surface area contributed by atoms with E-state index in [-0.39, 0.29) is 12.6 Å². The highest BCUT2D eigenvalue weighted by atomic mass is 32.2. The van der Waals surface area contributed by atoms with Gasteiger partial charge in [0.25, 0.3) is 10.2 Å². The molecule has 1 heterocycles. The Morgan fingerprint density at radius 1 is 1.27 bits per heavy atom. The second-order valence-corrected chi connectivity index (χ2v) is 8.64. The number of hydrogen-bond donors (Lipinski definition) is 1. The Bertz CT molecular complexity index is 703. The van der Waals surface area contributed by atoms with E-state index < -0.39 is 10.2 Å². The quantitative estimate of drug-likeness (QED) is 0.911. The summed E-state index contributed by atoms with van der Waals surface area (Å²) in [6, 6.07) is 7.97. The molecular formula is C15H21N3O2S2. The summed E-state index contributed by atoms with van der Waals surface area (Å²) in [6.07, 6.45) is 5.35. The number of benzene rings is 1. The Balaban J connectivity index is 1.66. The fourth-order valence-electron chi connectivity index (χ4n) is 2.89. The van der Waals surface area contributed by atoms with Crippen LogP contribution in [0.4, 0.5) is 0 Å². The first-order valence-electron chi connectivity index (χ1n) is 7.63. The van der Waals surface area contributed by atoms with Crippen LogP contribution in [-0.2, 0) is 16.8 Å². The summed E-state index contributed by atoms with van der Waals surface area (Å²) in [6.45, 7) is 0.249. The predicted octanol–water partition coefficient (Wildman–Crippen LogP) is 2.90. The molecule has 0 bridgehead atoms. The van der Waals surface area contributed by atoms with Gasteiger partial charge in [-0.3, -0.25) is 0 Å². The SMILES string of the molecule is CN(C1CCCCC1)S(=O)(=O)NCc1nc2ccccc2s1. The molecule has 0 aliphatic heterocycles. The summed E-state index contributed by atoms with van der Waals surface area (Å²) in [5.74, 6) is 0. The first-order chi connectivity index (χ1) is 10.6. The fourth-order valence-corrected chi connectivity index (χ4v) is 5.02. The summed E-state index contributed by atoms with van der Waals surface area (Å²) >= 11 is 1.53. The van der Waals surface area contributed by atoms with Crippen LogP contribution >= 0.6 is 11.3 Å². The Hall–Kier alpha value is -1.02. The predicted molar refractivity (Wildman–Crippen MR) is 90.0 cm³/mol. The third kappa shape index (κ3) is 3.48. The summed E-state index contributed by atoms with van der Waals surface area (Å²) in [7, 11) is -1.77. The molecule has 5 nitrogen and oxygen atoms in total. The van der Waals surface area contributed by atoms with Crippen molar-refractivity contribution in [2.45, 2.75) is 44.7 Å². The average Bonchev–Trinajstić information content (AvgIpc) is 2.96. The lowest BCUT2D eigenvalue weighted by Crippen LogP contribution is -2.44. The molecule has 1 saturated carbocycles. The number of fused-ring (bicyclic) bond motifs is 1. The monoisotopic (exact) mass is 339 g/mol. The van der Waals surface area contributed by atoms with E-state index in [2.05, 4.69) is 9.71 Å². The smallest absolute Gasteiger partial charge is 0.240 e. The lowest BCUT2D eigenvalue weighted by Gasteiger charge is -2.30. The van der Waals surface area contributed by atoms with E-state index in [4.69, 9.17) is 0 Å². The molecule has 1 fully saturated rings. The second-order valence-electron chi connectivity index (χ2n) is 5.71. The van der Waals surface area contributed by atoms with Crippen molar-refractivity contribution in [2.24, 2.45) is 0 Å². The number of thiazole rings is 1. The molecule has 1 aliphatic carbocycles. The topological polar surface area (TPSA) is 62.3 Å². The van der Waals surface area contributed by atoms with Crippen molar-refractivity contribution in [2.75, 3.05) is 7.05 Å². The molecule has 22 heavy (non-hydrogen) atoms. The summed E-state index contributed by atoms with van der Waals surface area (Å²) in [5, 5.41) is 0.793. The van der Waals surface area contributed by atoms with Gasteiger partial charge >= 0.3 is 0 Å². The van der Waals surface area contributed by atoms with E-state index in [1.165, 1.54) is 22.1 Å². The molecule has 1 aromatic carbocycles. The number of aromatic nitrogens is 1. The largest absolute Gasteiger partial charge is 0.279 e. The van der Waals surface area contributed by atoms with Crippen molar-refractivity contribution in [3.05, 3.63) is 29.3 Å². The van der Waals surface area contributed by atoms with Gasteiger partial charge in [-0.25, -0.2) is 4.98 Å². The zero-order valence-electron chi connectivity index (χ0n) is 12.7. The first kappa shape index (κ1) is 15.9. The third-order valence-electron chi connectivity index (χ3n) is 4.21. The van der Waals surface area contributed by atoms with Gasteiger partial charge in [0.1, 0.15) is 5.01 Å². The van der Waals surface area contributed by atoms with Gasteiger partial charge in [-0.15, -0.1) is 11.3 Å². The molecule has 1 N–H and O–H groups in total. The maximum absolute atomic E-state index is 12.4. The molecule has 0 unspecified atom stereocenters. The number of hydrogen-bond acceptors (Lipinski definition) is 4. The van der Waals surface area contributed by atoms with Gasteiger partial charge in [0.15, 0.2) is 0 Å². The molecule has 0 atom stereocenters. The molecule has 1 aromatic heterocycles. The van der Waals surface area contributed by atoms with Crippen molar-refractivity contribution in [3.8, 4) is 0 Å². The van der Waals surface area contributed by atoms with Gasteiger partial charge in [-0.2, -0.15) is 17.4 Å². The highest BCUT2D eigenvalue weighted by molar-refractivity contribution is 7.87. The summed E-state index contributed by atoms with van der Waals surface area (Å²) < 4.78 is 30.1. The Kier molecular flexibility index (Phi) is 4.77. The minimum Gasteiger partial charge on any atom is -0.240 e. The van der Waals surface area contributed by atoms with Crippen molar-refractivity contribution in [1.29, 1.82) is 0 Å². The molecular weight excluding hydrogens is 318 g/mol. The van der Waals surface area contributed by atoms with Gasteiger partial charge in [0, 0.05) is 13.1 Å². The van der Waals surface area contributed by atoms with Crippen molar-refractivity contribution in [3.63, 3.8) is 0 Å². The van der Waals surface area contributed by atoms with E-state index in [1.807, 2.05) is 24.3 Å². The van der Waals surface area contributed by atoms with Crippen LogP contribution in [0.2, 0.25) is 0 Å². The average molecular weight is 339 g/mol. The van der Waals surface area contributed by atoms with E-state index in [9.17, 15) is 8.42 Å². The Morgan fingerprint density at radius 2 is 2.00 bits per heavy atom. The van der Waals surface area contributed by atoms with E-state index in [1.54, 1.807) is 7.05 Å². The Labute approximate surface area is 135 Å². The lowest BCUT2D eigenvalue weighted by molar-refractivity contribution is 0.283. The number of rotatable bonds is 5. The highest BCUT2D eigenvalue weighted by Crippen LogP contribution is 2.24. The first-order valence-corrected chi connectivity index (χ1v) is 9.89. The minimum absolute atomic E-state index is 0.126. The molecule has 3 rings (SSSR count). The van der Waals surface area contributed by atoms with Crippen molar-refractivity contribution < 1.29 is 8.42 Å². The zero-order chi connectivity index (χ0) is 15.6. The number of nitrogens with one attached hydrogen (secondary N) is 1. The lowest BCUT2D eigenvalue weighted by atomic mass is 9.96. The van der Waals surface area contributed by atoms with E-state index in [0.29, 0.717) is 0 Å². The maximum atomic E-state index is 12.4. The second kappa shape index (κ2) is 6.62. The van der Waals surface area contributed by atoms with E-state index in [0.717, 1.165) is 40.9 Å². The van der Waals surface area contributed by atoms with Crippen LogP contribution in [0.3, 0.4) is 0 Å². The molecule has 0 radical (unpaired) electrons. The zero-order valence-corrected chi connectivity index (χ0v) is 14.3. The summed E-state index contributed by atoms with van der Waals surface area (Å²) in [4.78, 5) is 4.46.